The highest BCUT2D eigenvalue weighted by molar-refractivity contribution is 5.80. The second kappa shape index (κ2) is 5.80. The van der Waals surface area contributed by atoms with E-state index in [2.05, 4.69) is 22.3 Å². The fraction of sp³-hybridized carbons (Fsp3) is 0.462. The largest absolute Gasteiger partial charge is 0.366 e. The van der Waals surface area contributed by atoms with Gasteiger partial charge in [0.15, 0.2) is 0 Å². The monoisotopic (exact) mass is 234 g/mol. The average molecular weight is 234 g/mol. The molecule has 1 unspecified atom stereocenters. The normalized spacial score (nSPS) is 21.1. The van der Waals surface area contributed by atoms with Crippen LogP contribution in [0.2, 0.25) is 0 Å². The summed E-state index contributed by atoms with van der Waals surface area (Å²) in [5.74, 6) is -0.0391. The molecule has 1 fully saturated rings. The number of hydrogen-bond acceptors (Lipinski definition) is 3. The molecule has 1 aromatic carbocycles. The Bertz CT molecular complexity index is 367. The molecule has 1 atom stereocenters. The van der Waals surface area contributed by atoms with Crippen molar-refractivity contribution in [2.24, 2.45) is 0 Å². The van der Waals surface area contributed by atoms with E-state index in [9.17, 15) is 4.79 Å². The molecular formula is C13H18N2O2. The minimum atomic E-state index is -0.336. The van der Waals surface area contributed by atoms with Crippen molar-refractivity contribution in [3.63, 3.8) is 0 Å². The first-order valence-corrected chi connectivity index (χ1v) is 5.89. The molecule has 4 heteroatoms. The van der Waals surface area contributed by atoms with E-state index in [-0.39, 0.29) is 12.0 Å². The Hall–Kier alpha value is -1.39. The molecule has 1 aromatic rings. The lowest BCUT2D eigenvalue weighted by Crippen LogP contribution is -2.48. The van der Waals surface area contributed by atoms with Crippen LogP contribution in [0.3, 0.4) is 0 Å². The van der Waals surface area contributed by atoms with Gasteiger partial charge in [0, 0.05) is 26.7 Å². The number of carbonyl (C=O) groups is 1. The van der Waals surface area contributed by atoms with Crippen LogP contribution in [0.5, 0.6) is 0 Å². The number of ether oxygens (including phenoxy) is 1. The summed E-state index contributed by atoms with van der Waals surface area (Å²) < 4.78 is 5.44. The molecule has 0 saturated carbocycles. The van der Waals surface area contributed by atoms with Gasteiger partial charge in [0.25, 0.3) is 0 Å². The maximum atomic E-state index is 11.5. The lowest BCUT2D eigenvalue weighted by Gasteiger charge is -2.31. The predicted molar refractivity (Wildman–Crippen MR) is 65.5 cm³/mol. The van der Waals surface area contributed by atoms with Gasteiger partial charge in [0.1, 0.15) is 6.10 Å². The summed E-state index contributed by atoms with van der Waals surface area (Å²) in [6.07, 6.45) is -0.336. The Morgan fingerprint density at radius 3 is 2.94 bits per heavy atom. The third-order valence-corrected chi connectivity index (χ3v) is 2.94. The zero-order chi connectivity index (χ0) is 12.1. The maximum absolute atomic E-state index is 11.5. The number of carbonyl (C=O) groups excluding carboxylic acids is 1. The lowest BCUT2D eigenvalue weighted by atomic mass is 10.2. The van der Waals surface area contributed by atoms with Gasteiger partial charge in [0.05, 0.1) is 6.61 Å². The van der Waals surface area contributed by atoms with Gasteiger partial charge in [-0.1, -0.05) is 30.3 Å². The summed E-state index contributed by atoms with van der Waals surface area (Å²) in [4.78, 5) is 13.8. The van der Waals surface area contributed by atoms with E-state index in [1.54, 1.807) is 7.05 Å². The zero-order valence-electron chi connectivity index (χ0n) is 10.1. The molecule has 0 spiro atoms. The van der Waals surface area contributed by atoms with E-state index < -0.39 is 0 Å². The smallest absolute Gasteiger partial charge is 0.250 e. The molecule has 1 N–H and O–H groups in total. The second-order valence-electron chi connectivity index (χ2n) is 4.19. The Labute approximate surface area is 102 Å². The highest BCUT2D eigenvalue weighted by Gasteiger charge is 2.25. The van der Waals surface area contributed by atoms with E-state index in [4.69, 9.17) is 4.74 Å². The average Bonchev–Trinajstić information content (AvgIpc) is 2.39. The first-order valence-electron chi connectivity index (χ1n) is 5.89. The van der Waals surface area contributed by atoms with Gasteiger partial charge >= 0.3 is 0 Å². The van der Waals surface area contributed by atoms with E-state index >= 15 is 0 Å². The molecule has 4 nitrogen and oxygen atoms in total. The number of nitrogens with one attached hydrogen (secondary N) is 1. The first kappa shape index (κ1) is 12.1. The molecule has 17 heavy (non-hydrogen) atoms. The number of amides is 1. The molecule has 2 rings (SSSR count). The minimum Gasteiger partial charge on any atom is -0.366 e. The third kappa shape index (κ3) is 3.28. The highest BCUT2D eigenvalue weighted by atomic mass is 16.5. The van der Waals surface area contributed by atoms with Gasteiger partial charge in [0.2, 0.25) is 5.91 Å². The summed E-state index contributed by atoms with van der Waals surface area (Å²) in [5, 5.41) is 2.63. The van der Waals surface area contributed by atoms with Gasteiger partial charge in [-0.15, -0.1) is 0 Å². The number of likely N-dealkylation sites (N-methyl/N-ethyl adjacent to an activating group) is 1. The standard InChI is InChI=1S/C13H18N2O2/c1-14-13(16)12-10-15(7-8-17-12)9-11-5-3-2-4-6-11/h2-6,12H,7-10H2,1H3,(H,14,16). The van der Waals surface area contributed by atoms with Crippen molar-refractivity contribution in [3.05, 3.63) is 35.9 Å². The van der Waals surface area contributed by atoms with Crippen LogP contribution in [0, 0.1) is 0 Å². The van der Waals surface area contributed by atoms with Gasteiger partial charge in [-0.25, -0.2) is 0 Å². The number of rotatable bonds is 3. The van der Waals surface area contributed by atoms with Crippen molar-refractivity contribution in [1.82, 2.24) is 10.2 Å². The van der Waals surface area contributed by atoms with Crippen LogP contribution in [0.25, 0.3) is 0 Å². The first-order chi connectivity index (χ1) is 8.29. The molecule has 0 bridgehead atoms. The number of hydrogen-bond donors (Lipinski definition) is 1. The third-order valence-electron chi connectivity index (χ3n) is 2.94. The van der Waals surface area contributed by atoms with E-state index in [0.29, 0.717) is 13.2 Å². The van der Waals surface area contributed by atoms with Crippen molar-refractivity contribution in [2.45, 2.75) is 12.6 Å². The Balaban J connectivity index is 1.92. The quantitative estimate of drug-likeness (QED) is 0.834. The summed E-state index contributed by atoms with van der Waals surface area (Å²) >= 11 is 0. The lowest BCUT2D eigenvalue weighted by molar-refractivity contribution is -0.138. The van der Waals surface area contributed by atoms with Crippen LogP contribution < -0.4 is 5.32 Å². The predicted octanol–water partition coefficient (Wildman–Crippen LogP) is 0.633. The SMILES string of the molecule is CNC(=O)C1CN(Cc2ccccc2)CCO1. The molecule has 92 valence electrons. The summed E-state index contributed by atoms with van der Waals surface area (Å²) in [7, 11) is 1.64. The maximum Gasteiger partial charge on any atom is 0.250 e. The van der Waals surface area contributed by atoms with Crippen LogP contribution in [0.15, 0.2) is 30.3 Å². The Kier molecular flexibility index (Phi) is 4.12. The van der Waals surface area contributed by atoms with Gasteiger partial charge in [-0.2, -0.15) is 0 Å². The number of morpholine rings is 1. The van der Waals surface area contributed by atoms with Crippen molar-refractivity contribution in [3.8, 4) is 0 Å². The minimum absolute atomic E-state index is 0.0391. The second-order valence-corrected chi connectivity index (χ2v) is 4.19. The van der Waals surface area contributed by atoms with Crippen LogP contribution >= 0.6 is 0 Å². The molecular weight excluding hydrogens is 216 g/mol. The van der Waals surface area contributed by atoms with E-state index in [0.717, 1.165) is 13.1 Å². The topological polar surface area (TPSA) is 41.6 Å². The molecule has 1 saturated heterocycles. The zero-order valence-corrected chi connectivity index (χ0v) is 10.1. The van der Waals surface area contributed by atoms with Crippen LogP contribution in [0.4, 0.5) is 0 Å². The van der Waals surface area contributed by atoms with Crippen LogP contribution in [-0.2, 0) is 16.1 Å². The van der Waals surface area contributed by atoms with Gasteiger partial charge in [-0.3, -0.25) is 9.69 Å². The van der Waals surface area contributed by atoms with E-state index in [1.807, 2.05) is 18.2 Å². The fourth-order valence-electron chi connectivity index (χ4n) is 2.01. The Morgan fingerprint density at radius 2 is 2.24 bits per heavy atom. The van der Waals surface area contributed by atoms with Crippen molar-refractivity contribution < 1.29 is 9.53 Å². The van der Waals surface area contributed by atoms with Crippen molar-refractivity contribution >= 4 is 5.91 Å². The Morgan fingerprint density at radius 1 is 1.47 bits per heavy atom. The molecule has 1 aliphatic rings. The van der Waals surface area contributed by atoms with Crippen molar-refractivity contribution in [1.29, 1.82) is 0 Å². The molecule has 0 aromatic heterocycles. The van der Waals surface area contributed by atoms with Gasteiger partial charge in [-0.05, 0) is 5.56 Å². The molecule has 1 heterocycles. The molecule has 1 amide bonds. The summed E-state index contributed by atoms with van der Waals surface area (Å²) in [6, 6.07) is 10.3. The van der Waals surface area contributed by atoms with Crippen molar-refractivity contribution in [2.75, 3.05) is 26.7 Å². The molecule has 0 radical (unpaired) electrons. The summed E-state index contributed by atoms with van der Waals surface area (Å²) in [6.45, 7) is 3.03. The summed E-state index contributed by atoms with van der Waals surface area (Å²) in [5.41, 5.74) is 1.27. The molecule has 1 aliphatic heterocycles. The molecule has 0 aliphatic carbocycles. The van der Waals surface area contributed by atoms with E-state index in [1.165, 1.54) is 5.56 Å². The number of nitrogens with zero attached hydrogens (tertiary/aromatic N) is 1. The highest BCUT2D eigenvalue weighted by Crippen LogP contribution is 2.10. The fourth-order valence-corrected chi connectivity index (χ4v) is 2.01. The van der Waals surface area contributed by atoms with Crippen LogP contribution in [-0.4, -0.2) is 43.7 Å². The van der Waals surface area contributed by atoms with Crippen LogP contribution in [0.1, 0.15) is 5.56 Å². The number of benzene rings is 1. The van der Waals surface area contributed by atoms with Gasteiger partial charge < -0.3 is 10.1 Å².